The van der Waals surface area contributed by atoms with Crippen molar-refractivity contribution < 1.29 is 14.6 Å². The molecule has 0 fully saturated rings. The lowest BCUT2D eigenvalue weighted by atomic mass is 10.7. The van der Waals surface area contributed by atoms with Crippen molar-refractivity contribution >= 4 is 64.9 Å². The molecule has 0 aliphatic heterocycles. The standard InChI is InChI=1S/C10H21NO3S5/c1-2-15-7-19-8-16-4-3-11-10(13)14-6-18-9-17-5-12/h12H,2-9H2,1H3,(H,11,13). The minimum Gasteiger partial charge on any atom is -0.438 e. The number of amides is 1. The van der Waals surface area contributed by atoms with E-state index in [2.05, 4.69) is 12.2 Å². The smallest absolute Gasteiger partial charge is 0.407 e. The van der Waals surface area contributed by atoms with Crippen LogP contribution in [0.5, 0.6) is 0 Å². The molecule has 0 aliphatic carbocycles. The first kappa shape index (κ1) is 20.0. The van der Waals surface area contributed by atoms with Gasteiger partial charge in [-0.25, -0.2) is 4.79 Å². The largest absolute Gasteiger partial charge is 0.438 e. The number of carbonyl (C=O) groups excluding carboxylic acids is 1. The molecule has 0 bridgehead atoms. The third kappa shape index (κ3) is 16.9. The molecule has 4 nitrogen and oxygen atoms in total. The molecular weight excluding hydrogens is 342 g/mol. The predicted octanol–water partition coefficient (Wildman–Crippen LogP) is 3.18. The van der Waals surface area contributed by atoms with Crippen molar-refractivity contribution in [2.45, 2.75) is 6.92 Å². The summed E-state index contributed by atoms with van der Waals surface area (Å²) in [4.78, 5) is 11.2. The summed E-state index contributed by atoms with van der Waals surface area (Å²) in [5.74, 6) is 2.51. The van der Waals surface area contributed by atoms with Gasteiger partial charge in [0.25, 0.3) is 0 Å². The Morgan fingerprint density at radius 3 is 2.58 bits per heavy atom. The van der Waals surface area contributed by atoms with Crippen LogP contribution in [0.3, 0.4) is 0 Å². The Labute approximate surface area is 136 Å². The average molecular weight is 364 g/mol. The molecule has 0 aromatic heterocycles. The molecule has 9 heteroatoms. The fraction of sp³-hybridized carbons (Fsp3) is 0.900. The second-order valence-corrected chi connectivity index (χ2v) is 9.32. The van der Waals surface area contributed by atoms with Gasteiger partial charge in [-0.1, -0.05) is 6.92 Å². The second-order valence-electron chi connectivity index (χ2n) is 2.97. The summed E-state index contributed by atoms with van der Waals surface area (Å²) in [5, 5.41) is 14.2. The third-order valence-corrected chi connectivity index (χ3v) is 6.95. The van der Waals surface area contributed by atoms with Crippen LogP contribution in [0, 0.1) is 0 Å². The highest BCUT2D eigenvalue weighted by Crippen LogP contribution is 2.16. The lowest BCUT2D eigenvalue weighted by molar-refractivity contribution is 0.166. The SMILES string of the molecule is CCSCSCSCCNC(=O)OCSCSCO. The first-order chi connectivity index (χ1) is 9.31. The number of ether oxygens (including phenoxy) is 1. The normalized spacial score (nSPS) is 10.4. The number of hydrogen-bond donors (Lipinski definition) is 2. The summed E-state index contributed by atoms with van der Waals surface area (Å²) < 4.78 is 4.95. The van der Waals surface area contributed by atoms with Crippen LogP contribution in [0.2, 0.25) is 0 Å². The highest BCUT2D eigenvalue weighted by atomic mass is 32.2. The zero-order valence-corrected chi connectivity index (χ0v) is 15.0. The highest BCUT2D eigenvalue weighted by Gasteiger charge is 2.00. The number of carbonyl (C=O) groups is 1. The van der Waals surface area contributed by atoms with Crippen LogP contribution in [0.15, 0.2) is 0 Å². The summed E-state index contributed by atoms with van der Waals surface area (Å²) >= 11 is 8.53. The zero-order chi connectivity index (χ0) is 14.2. The fourth-order valence-corrected chi connectivity index (χ4v) is 5.24. The Morgan fingerprint density at radius 1 is 1.11 bits per heavy atom. The number of nitrogens with one attached hydrogen (secondary N) is 1. The number of alkyl carbamates (subject to hydrolysis) is 1. The first-order valence-corrected chi connectivity index (χ1v) is 11.5. The maximum Gasteiger partial charge on any atom is 0.407 e. The number of rotatable bonds is 13. The Balaban J connectivity index is 3.12. The van der Waals surface area contributed by atoms with Gasteiger partial charge in [0.15, 0.2) is 0 Å². The van der Waals surface area contributed by atoms with Crippen LogP contribution in [-0.2, 0) is 4.74 Å². The van der Waals surface area contributed by atoms with E-state index in [0.717, 1.165) is 21.0 Å². The van der Waals surface area contributed by atoms with E-state index in [4.69, 9.17) is 9.84 Å². The fourth-order valence-electron chi connectivity index (χ4n) is 0.796. The summed E-state index contributed by atoms with van der Waals surface area (Å²) in [5.41, 5.74) is 0. The van der Waals surface area contributed by atoms with E-state index in [1.165, 1.54) is 29.3 Å². The summed E-state index contributed by atoms with van der Waals surface area (Å²) in [6, 6.07) is 0. The van der Waals surface area contributed by atoms with E-state index in [1.807, 2.05) is 35.3 Å². The van der Waals surface area contributed by atoms with Crippen molar-refractivity contribution in [1.82, 2.24) is 5.32 Å². The highest BCUT2D eigenvalue weighted by molar-refractivity contribution is 8.22. The Morgan fingerprint density at radius 2 is 1.84 bits per heavy atom. The van der Waals surface area contributed by atoms with Crippen LogP contribution in [0.1, 0.15) is 6.92 Å². The quantitative estimate of drug-likeness (QED) is 0.382. The topological polar surface area (TPSA) is 58.6 Å². The minimum atomic E-state index is -0.365. The van der Waals surface area contributed by atoms with Gasteiger partial charge in [0.1, 0.15) is 5.94 Å². The maximum atomic E-state index is 11.2. The average Bonchev–Trinajstić information content (AvgIpc) is 2.41. The van der Waals surface area contributed by atoms with Crippen molar-refractivity contribution in [3.05, 3.63) is 0 Å². The van der Waals surface area contributed by atoms with Gasteiger partial charge < -0.3 is 15.2 Å². The number of aliphatic hydroxyl groups excluding tert-OH is 1. The number of thioether (sulfide) groups is 5. The molecule has 0 aromatic carbocycles. The molecule has 0 atom stereocenters. The molecule has 0 aliphatic rings. The molecule has 0 rings (SSSR count). The molecule has 0 spiro atoms. The first-order valence-electron chi connectivity index (χ1n) is 5.71. The van der Waals surface area contributed by atoms with Crippen LogP contribution in [-0.4, -0.2) is 56.4 Å². The van der Waals surface area contributed by atoms with Gasteiger partial charge in [-0.15, -0.1) is 47.0 Å². The molecule has 1 amide bonds. The molecule has 114 valence electrons. The molecular formula is C10H21NO3S5. The molecule has 0 aromatic rings. The van der Waals surface area contributed by atoms with Gasteiger partial charge in [-0.3, -0.25) is 0 Å². The summed E-state index contributed by atoms with van der Waals surface area (Å²) in [6.07, 6.45) is -0.365. The number of aliphatic hydroxyl groups is 1. The minimum absolute atomic E-state index is 0.102. The van der Waals surface area contributed by atoms with Gasteiger partial charge in [-0.2, -0.15) is 11.8 Å². The lowest BCUT2D eigenvalue weighted by Gasteiger charge is -2.06. The molecule has 0 saturated heterocycles. The monoisotopic (exact) mass is 363 g/mol. The second kappa shape index (κ2) is 17.0. The van der Waals surface area contributed by atoms with Gasteiger partial charge >= 0.3 is 6.09 Å². The van der Waals surface area contributed by atoms with Crippen LogP contribution >= 0.6 is 58.8 Å². The lowest BCUT2D eigenvalue weighted by Crippen LogP contribution is -2.26. The van der Waals surface area contributed by atoms with Gasteiger partial charge in [0, 0.05) is 27.6 Å². The molecule has 19 heavy (non-hydrogen) atoms. The van der Waals surface area contributed by atoms with E-state index in [0.29, 0.717) is 12.5 Å². The van der Waals surface area contributed by atoms with Crippen LogP contribution in [0.25, 0.3) is 0 Å². The maximum absolute atomic E-state index is 11.2. The molecule has 2 N–H and O–H groups in total. The van der Waals surface area contributed by atoms with E-state index < -0.39 is 0 Å². The van der Waals surface area contributed by atoms with Crippen molar-refractivity contribution in [3.63, 3.8) is 0 Å². The van der Waals surface area contributed by atoms with Crippen LogP contribution in [0.4, 0.5) is 4.79 Å². The van der Waals surface area contributed by atoms with Gasteiger partial charge in [-0.05, 0) is 5.75 Å². The van der Waals surface area contributed by atoms with E-state index >= 15 is 0 Å². The molecule has 0 unspecified atom stereocenters. The van der Waals surface area contributed by atoms with Crippen molar-refractivity contribution in [2.75, 3.05) is 45.2 Å². The van der Waals surface area contributed by atoms with E-state index in [9.17, 15) is 4.79 Å². The van der Waals surface area contributed by atoms with E-state index in [-0.39, 0.29) is 12.0 Å². The Kier molecular flexibility index (Phi) is 17.9. The van der Waals surface area contributed by atoms with Crippen molar-refractivity contribution in [2.24, 2.45) is 0 Å². The van der Waals surface area contributed by atoms with Crippen LogP contribution < -0.4 is 5.32 Å². The summed E-state index contributed by atoms with van der Waals surface area (Å²) in [6.45, 7) is 2.80. The molecule has 0 saturated carbocycles. The zero-order valence-electron chi connectivity index (χ0n) is 11.0. The molecule has 0 heterocycles. The Bertz CT molecular complexity index is 212. The predicted molar refractivity (Wildman–Crippen MR) is 94.4 cm³/mol. The van der Waals surface area contributed by atoms with Gasteiger partial charge in [0.05, 0.1) is 5.94 Å². The Hall–Kier alpha value is 0.980. The third-order valence-electron chi connectivity index (χ3n) is 1.58. The molecule has 0 radical (unpaired) electrons. The van der Waals surface area contributed by atoms with Gasteiger partial charge in [0.2, 0.25) is 0 Å². The van der Waals surface area contributed by atoms with E-state index in [1.54, 1.807) is 0 Å². The summed E-state index contributed by atoms with van der Waals surface area (Å²) in [7, 11) is 0. The van der Waals surface area contributed by atoms with Crippen molar-refractivity contribution in [3.8, 4) is 0 Å². The number of hydrogen-bond acceptors (Lipinski definition) is 8. The van der Waals surface area contributed by atoms with Crippen molar-refractivity contribution in [1.29, 1.82) is 0 Å².